The number of nitrogens with zero attached hydrogens (tertiary/aromatic N) is 1. The first-order chi connectivity index (χ1) is 11.8. The summed E-state index contributed by atoms with van der Waals surface area (Å²) in [4.78, 5) is 4.94. The Morgan fingerprint density at radius 1 is 1.36 bits per heavy atom. The van der Waals surface area contributed by atoms with Crippen LogP contribution in [0.4, 0.5) is 0 Å². The van der Waals surface area contributed by atoms with E-state index in [0.29, 0.717) is 6.04 Å². The molecule has 0 bridgehead atoms. The highest BCUT2D eigenvalue weighted by molar-refractivity contribution is 8.05. The van der Waals surface area contributed by atoms with Gasteiger partial charge in [-0.1, -0.05) is 37.4 Å². The first-order valence-corrected chi connectivity index (χ1v) is 9.93. The molecule has 1 N–H and O–H groups in total. The molecule has 0 spiro atoms. The molecule has 1 aliphatic carbocycles. The van der Waals surface area contributed by atoms with Crippen molar-refractivity contribution in [2.45, 2.75) is 53.0 Å². The number of pyridine rings is 1. The van der Waals surface area contributed by atoms with E-state index in [1.54, 1.807) is 11.8 Å². The van der Waals surface area contributed by atoms with Crippen molar-refractivity contribution < 1.29 is 0 Å². The molecular weight excluding hydrogens is 324 g/mol. The lowest BCUT2D eigenvalue weighted by atomic mass is 10.0. The van der Waals surface area contributed by atoms with Crippen molar-refractivity contribution in [2.24, 2.45) is 5.92 Å². The number of aromatic nitrogens is 1. The summed E-state index contributed by atoms with van der Waals surface area (Å²) < 4.78 is 0. The largest absolute Gasteiger partial charge is 0.378 e. The van der Waals surface area contributed by atoms with Crippen molar-refractivity contribution in [2.75, 3.05) is 0 Å². The third-order valence-corrected chi connectivity index (χ3v) is 5.68. The maximum atomic E-state index is 4.94. The minimum atomic E-state index is 0.401. The lowest BCUT2D eigenvalue weighted by molar-refractivity contribution is 0.696. The first-order valence-electron chi connectivity index (χ1n) is 9.05. The molecule has 0 amide bonds. The van der Waals surface area contributed by atoms with E-state index < -0.39 is 0 Å². The highest BCUT2D eigenvalue weighted by Crippen LogP contribution is 2.47. The predicted molar refractivity (Wildman–Crippen MR) is 112 cm³/mol. The number of thioether (sulfide) groups is 1. The van der Waals surface area contributed by atoms with E-state index in [2.05, 4.69) is 76.2 Å². The number of nitrogens with one attached hydrogen (secondary N) is 1. The van der Waals surface area contributed by atoms with Gasteiger partial charge < -0.3 is 5.32 Å². The van der Waals surface area contributed by atoms with Crippen LogP contribution in [0.2, 0.25) is 0 Å². The van der Waals surface area contributed by atoms with Crippen molar-refractivity contribution in [3.05, 3.63) is 58.1 Å². The summed E-state index contributed by atoms with van der Waals surface area (Å²) in [6.07, 6.45) is 1.31. The van der Waals surface area contributed by atoms with Gasteiger partial charge in [0.25, 0.3) is 0 Å². The molecule has 3 rings (SSSR count). The van der Waals surface area contributed by atoms with Gasteiger partial charge in [-0.25, -0.2) is 4.98 Å². The Morgan fingerprint density at radius 2 is 2.08 bits per heavy atom. The number of aryl methyl sites for hydroxylation is 1. The fourth-order valence-electron chi connectivity index (χ4n) is 3.21. The molecule has 25 heavy (non-hydrogen) atoms. The Morgan fingerprint density at radius 3 is 2.72 bits per heavy atom. The summed E-state index contributed by atoms with van der Waals surface area (Å²) in [6, 6.07) is 9.40. The van der Waals surface area contributed by atoms with Crippen molar-refractivity contribution in [1.29, 1.82) is 0 Å². The summed E-state index contributed by atoms with van der Waals surface area (Å²) in [5.74, 6) is 1.55. The van der Waals surface area contributed by atoms with Crippen LogP contribution in [0.25, 0.3) is 16.5 Å². The minimum Gasteiger partial charge on any atom is -0.378 e. The van der Waals surface area contributed by atoms with Crippen molar-refractivity contribution in [1.82, 2.24) is 10.3 Å². The van der Waals surface area contributed by atoms with Gasteiger partial charge in [0.2, 0.25) is 0 Å². The summed E-state index contributed by atoms with van der Waals surface area (Å²) in [6.45, 7) is 14.9. The Bertz CT molecular complexity index is 835. The number of allylic oxidation sites excluding steroid dienone is 1. The topological polar surface area (TPSA) is 24.9 Å². The van der Waals surface area contributed by atoms with E-state index in [-0.39, 0.29) is 0 Å². The lowest BCUT2D eigenvalue weighted by Gasteiger charge is -2.11. The zero-order chi connectivity index (χ0) is 18.1. The van der Waals surface area contributed by atoms with E-state index in [4.69, 9.17) is 4.98 Å². The van der Waals surface area contributed by atoms with E-state index in [0.717, 1.165) is 28.1 Å². The number of rotatable bonds is 6. The maximum absolute atomic E-state index is 4.94. The summed E-state index contributed by atoms with van der Waals surface area (Å²) >= 11 is 1.63. The van der Waals surface area contributed by atoms with Gasteiger partial charge in [-0.2, -0.15) is 0 Å². The third kappa shape index (κ3) is 4.27. The van der Waals surface area contributed by atoms with Crippen molar-refractivity contribution >= 4 is 28.2 Å². The van der Waals surface area contributed by atoms with Crippen molar-refractivity contribution in [3.63, 3.8) is 0 Å². The highest BCUT2D eigenvalue weighted by atomic mass is 32.2. The van der Waals surface area contributed by atoms with Gasteiger partial charge in [-0.15, -0.1) is 0 Å². The smallest absolute Gasteiger partial charge is 0.0714 e. The molecule has 1 saturated carbocycles. The van der Waals surface area contributed by atoms with Crippen LogP contribution in [-0.2, 0) is 0 Å². The molecule has 132 valence electrons. The molecule has 2 nitrogen and oxygen atoms in total. The Labute approximate surface area is 155 Å². The van der Waals surface area contributed by atoms with Crippen molar-refractivity contribution in [3.8, 4) is 0 Å². The molecule has 1 fully saturated rings. The summed E-state index contributed by atoms with van der Waals surface area (Å²) in [5, 5.41) is 7.69. The van der Waals surface area contributed by atoms with E-state index in [9.17, 15) is 0 Å². The molecule has 3 heteroatoms. The third-order valence-electron chi connectivity index (χ3n) is 4.81. The van der Waals surface area contributed by atoms with Crippen LogP contribution in [0.5, 0.6) is 0 Å². The van der Waals surface area contributed by atoms with Crippen LogP contribution in [0, 0.1) is 12.8 Å². The lowest BCUT2D eigenvalue weighted by Crippen LogP contribution is -2.19. The van der Waals surface area contributed by atoms with Crippen LogP contribution in [-0.4, -0.2) is 11.0 Å². The van der Waals surface area contributed by atoms with Gasteiger partial charge in [-0.05, 0) is 80.2 Å². The molecular formula is C22H28N2S. The number of fused-ring (bicyclic) bond motifs is 1. The van der Waals surface area contributed by atoms with E-state index in [1.807, 2.05) is 0 Å². The number of hydrogen-bond acceptors (Lipinski definition) is 3. The summed E-state index contributed by atoms with van der Waals surface area (Å²) in [5.41, 5.74) is 6.06. The molecule has 2 atom stereocenters. The van der Waals surface area contributed by atoms with E-state index in [1.165, 1.54) is 28.5 Å². The van der Waals surface area contributed by atoms with Crippen LogP contribution in [0.3, 0.4) is 0 Å². The monoisotopic (exact) mass is 352 g/mol. The normalized spacial score (nSPS) is 20.2. The van der Waals surface area contributed by atoms with Gasteiger partial charge in [-0.3, -0.25) is 0 Å². The second-order valence-corrected chi connectivity index (χ2v) is 8.53. The van der Waals surface area contributed by atoms with Gasteiger partial charge in [0.15, 0.2) is 0 Å². The number of hydrogen-bond donors (Lipinski definition) is 1. The quantitative estimate of drug-likeness (QED) is 0.667. The molecule has 0 aliphatic heterocycles. The molecule has 1 aliphatic rings. The average Bonchev–Trinajstić information content (AvgIpc) is 3.28. The predicted octanol–water partition coefficient (Wildman–Crippen LogP) is 6.23. The zero-order valence-electron chi connectivity index (χ0n) is 15.9. The minimum absolute atomic E-state index is 0.401. The Hall–Kier alpha value is -1.74. The molecule has 1 aromatic heterocycles. The second-order valence-electron chi connectivity index (χ2n) is 7.56. The fourth-order valence-corrected chi connectivity index (χ4v) is 3.96. The molecule has 0 saturated heterocycles. The average molecular weight is 353 g/mol. The van der Waals surface area contributed by atoms with Gasteiger partial charge in [0, 0.05) is 11.4 Å². The van der Waals surface area contributed by atoms with Gasteiger partial charge in [0.05, 0.1) is 16.2 Å². The molecule has 0 radical (unpaired) electrons. The molecule has 1 aromatic carbocycles. The van der Waals surface area contributed by atoms with Gasteiger partial charge >= 0.3 is 0 Å². The Kier molecular flexibility index (Phi) is 5.24. The Balaban J connectivity index is 1.86. The standard InChI is InChI=1S/C22H28N2S/c1-13(2)23-17(6)25-12-16(5)21-10-15(4)19-8-7-18(11-22(19)24-21)20-9-14(20)3/h7-8,10-14,20,23H,6,9H2,1-5H3/b16-12+/t14?,20-/m1/s1. The van der Waals surface area contributed by atoms with Crippen LogP contribution in [0.1, 0.15) is 56.9 Å². The van der Waals surface area contributed by atoms with Crippen LogP contribution >= 0.6 is 11.8 Å². The highest BCUT2D eigenvalue weighted by Gasteiger charge is 2.33. The molecule has 2 aromatic rings. The maximum Gasteiger partial charge on any atom is 0.0714 e. The summed E-state index contributed by atoms with van der Waals surface area (Å²) in [7, 11) is 0. The zero-order valence-corrected chi connectivity index (χ0v) is 16.7. The molecule has 1 unspecified atom stereocenters. The van der Waals surface area contributed by atoms with Crippen LogP contribution < -0.4 is 5.32 Å². The van der Waals surface area contributed by atoms with Gasteiger partial charge in [0.1, 0.15) is 0 Å². The molecule has 1 heterocycles. The van der Waals surface area contributed by atoms with Crippen LogP contribution in [0.15, 0.2) is 41.3 Å². The number of benzene rings is 1. The fraction of sp³-hybridized carbons (Fsp3) is 0.409. The van der Waals surface area contributed by atoms with E-state index >= 15 is 0 Å². The first kappa shape index (κ1) is 18.1. The SMILES string of the molecule is C=C(NC(C)C)S/C=C(\C)c1cc(C)c2ccc([C@@H]3CC3C)cc2n1. The second kappa shape index (κ2) is 7.25.